The maximum atomic E-state index is 6.78. The summed E-state index contributed by atoms with van der Waals surface area (Å²) in [4.78, 5) is 9.37. The Balaban J connectivity index is 1.14. The van der Waals surface area contributed by atoms with Crippen LogP contribution in [0.15, 0.2) is 60.5 Å². The Morgan fingerprint density at radius 1 is 1.11 bits per heavy atom. The Labute approximate surface area is 205 Å². The lowest BCUT2D eigenvalue weighted by Crippen LogP contribution is -2.60. The highest BCUT2D eigenvalue weighted by molar-refractivity contribution is 5.87. The lowest BCUT2D eigenvalue weighted by molar-refractivity contribution is -0.0786. The molecule has 2 saturated heterocycles. The molecule has 3 N–H and O–H groups in total. The first-order chi connectivity index (χ1) is 17.0. The van der Waals surface area contributed by atoms with Gasteiger partial charge < -0.3 is 20.7 Å². The number of pyridine rings is 1. The van der Waals surface area contributed by atoms with Crippen LogP contribution in [0.2, 0.25) is 0 Å². The van der Waals surface area contributed by atoms with E-state index in [0.29, 0.717) is 6.61 Å². The van der Waals surface area contributed by atoms with Gasteiger partial charge in [-0.3, -0.25) is 9.58 Å². The van der Waals surface area contributed by atoms with Crippen molar-refractivity contribution in [3.05, 3.63) is 60.5 Å². The van der Waals surface area contributed by atoms with Gasteiger partial charge in [-0.05, 0) is 36.2 Å². The Morgan fingerprint density at radius 2 is 1.97 bits per heavy atom. The number of anilines is 1. The zero-order valence-electron chi connectivity index (χ0n) is 20.3. The van der Waals surface area contributed by atoms with Gasteiger partial charge in [0.1, 0.15) is 17.7 Å². The highest BCUT2D eigenvalue weighted by Gasteiger charge is 2.38. The van der Waals surface area contributed by atoms with E-state index in [1.54, 1.807) is 4.68 Å². The third-order valence-corrected chi connectivity index (χ3v) is 7.48. The Bertz CT molecular complexity index is 1290. The largest absolute Gasteiger partial charge is 0.357 e. The number of hydrogen-bond acceptors (Lipinski definition) is 8. The molecule has 0 amide bonds. The van der Waals surface area contributed by atoms with E-state index in [9.17, 15) is 0 Å². The summed E-state index contributed by atoms with van der Waals surface area (Å²) in [5.74, 6) is 1.08. The number of benzene rings is 1. The van der Waals surface area contributed by atoms with Crippen molar-refractivity contribution in [1.82, 2.24) is 29.8 Å². The first-order valence-corrected chi connectivity index (χ1v) is 12.2. The molecule has 2 aliphatic heterocycles. The molecule has 3 aliphatic rings. The monoisotopic (exact) mass is 472 g/mol. The molecule has 6 rings (SSSR count). The molecule has 2 fully saturated rings. The van der Waals surface area contributed by atoms with Crippen LogP contribution in [-0.4, -0.2) is 81.5 Å². The molecule has 3 atom stereocenters. The molecule has 35 heavy (non-hydrogen) atoms. The van der Waals surface area contributed by atoms with Crippen molar-refractivity contribution in [2.24, 2.45) is 18.7 Å². The van der Waals surface area contributed by atoms with Crippen LogP contribution in [0.5, 0.6) is 0 Å². The zero-order valence-corrected chi connectivity index (χ0v) is 20.3. The SMILES string of the molecule is CN1CCN([C@]2(N)C=CC(C3COC3Nc3cc4cc(-c5cn(C)nn5)ccc4cn3)=CC2)CC1. The molecule has 2 aromatic heterocycles. The summed E-state index contributed by atoms with van der Waals surface area (Å²) in [7, 11) is 4.04. The maximum absolute atomic E-state index is 6.78. The summed E-state index contributed by atoms with van der Waals surface area (Å²) < 4.78 is 7.60. The van der Waals surface area contributed by atoms with Gasteiger partial charge in [-0.25, -0.2) is 4.98 Å². The van der Waals surface area contributed by atoms with E-state index >= 15 is 0 Å². The highest BCUT2D eigenvalue weighted by Crippen LogP contribution is 2.34. The first-order valence-electron chi connectivity index (χ1n) is 12.2. The van der Waals surface area contributed by atoms with Crippen LogP contribution in [0.25, 0.3) is 22.0 Å². The zero-order chi connectivity index (χ0) is 24.0. The van der Waals surface area contributed by atoms with E-state index in [1.807, 2.05) is 25.5 Å². The average molecular weight is 473 g/mol. The van der Waals surface area contributed by atoms with Gasteiger partial charge >= 0.3 is 0 Å². The number of nitrogens with two attached hydrogens (primary N) is 1. The number of nitrogens with one attached hydrogen (secondary N) is 1. The summed E-state index contributed by atoms with van der Waals surface area (Å²) in [6.07, 6.45) is 11.2. The summed E-state index contributed by atoms with van der Waals surface area (Å²) in [6, 6.07) is 8.30. The fourth-order valence-electron chi connectivity index (χ4n) is 5.10. The first kappa shape index (κ1) is 22.4. The predicted octanol–water partition coefficient (Wildman–Crippen LogP) is 2.20. The van der Waals surface area contributed by atoms with E-state index in [1.165, 1.54) is 5.57 Å². The number of aromatic nitrogens is 4. The van der Waals surface area contributed by atoms with Crippen molar-refractivity contribution in [3.63, 3.8) is 0 Å². The van der Waals surface area contributed by atoms with Crippen LogP contribution in [0, 0.1) is 5.92 Å². The van der Waals surface area contributed by atoms with Gasteiger partial charge in [-0.1, -0.05) is 29.5 Å². The number of likely N-dealkylation sites (N-methyl/N-ethyl adjacent to an activating group) is 1. The minimum absolute atomic E-state index is 0.104. The molecule has 9 nitrogen and oxygen atoms in total. The van der Waals surface area contributed by atoms with Gasteiger partial charge in [-0.15, -0.1) is 5.10 Å². The van der Waals surface area contributed by atoms with Crippen molar-refractivity contribution in [2.45, 2.75) is 18.3 Å². The van der Waals surface area contributed by atoms with E-state index in [2.05, 4.69) is 73.9 Å². The fraction of sp³-hybridized carbons (Fsp3) is 0.423. The van der Waals surface area contributed by atoms with E-state index in [0.717, 1.165) is 60.4 Å². The molecule has 0 saturated carbocycles. The van der Waals surface area contributed by atoms with Gasteiger partial charge in [0.2, 0.25) is 0 Å². The second-order valence-electron chi connectivity index (χ2n) is 9.94. The third-order valence-electron chi connectivity index (χ3n) is 7.48. The van der Waals surface area contributed by atoms with Crippen molar-refractivity contribution >= 4 is 16.6 Å². The van der Waals surface area contributed by atoms with Crippen molar-refractivity contribution < 1.29 is 4.74 Å². The van der Waals surface area contributed by atoms with Crippen LogP contribution >= 0.6 is 0 Å². The second-order valence-corrected chi connectivity index (χ2v) is 9.94. The molecule has 0 bridgehead atoms. The quantitative estimate of drug-likeness (QED) is 0.583. The smallest absolute Gasteiger partial charge is 0.137 e. The molecular weight excluding hydrogens is 440 g/mol. The Hall–Kier alpha value is -3.11. The number of allylic oxidation sites excluding steroid dienone is 1. The molecule has 4 heterocycles. The second kappa shape index (κ2) is 8.83. The Kier molecular flexibility index (Phi) is 5.64. The number of fused-ring (bicyclic) bond motifs is 1. The minimum atomic E-state index is -0.390. The minimum Gasteiger partial charge on any atom is -0.357 e. The predicted molar refractivity (Wildman–Crippen MR) is 136 cm³/mol. The van der Waals surface area contributed by atoms with Crippen LogP contribution in [0.3, 0.4) is 0 Å². The third kappa shape index (κ3) is 4.36. The van der Waals surface area contributed by atoms with Crippen LogP contribution < -0.4 is 11.1 Å². The standard InChI is InChI=1S/C26H32N8O/c1-32-9-11-34(12-10-32)26(27)7-5-18(6-8-26)22-17-35-25(22)29-24-14-21-13-19(3-4-20(21)15-28-24)23-16-33(2)31-30-23/h3-7,13-16,22,25H,8-12,17,27H2,1-2H3,(H,28,29)/t22?,25?,26-/m1/s1. The van der Waals surface area contributed by atoms with Gasteiger partial charge in [-0.2, -0.15) is 0 Å². The molecule has 3 aromatic rings. The molecule has 0 spiro atoms. The number of aryl methyl sites for hydroxylation is 1. The normalized spacial score (nSPS) is 27.6. The van der Waals surface area contributed by atoms with E-state index in [4.69, 9.17) is 10.5 Å². The van der Waals surface area contributed by atoms with Gasteiger partial charge in [0.05, 0.1) is 24.4 Å². The van der Waals surface area contributed by atoms with Crippen molar-refractivity contribution in [3.8, 4) is 11.3 Å². The van der Waals surface area contributed by atoms with Crippen LogP contribution in [0.1, 0.15) is 6.42 Å². The number of nitrogens with zero attached hydrogens (tertiary/aromatic N) is 6. The molecule has 2 unspecified atom stereocenters. The maximum Gasteiger partial charge on any atom is 0.137 e. The molecule has 0 radical (unpaired) electrons. The summed E-state index contributed by atoms with van der Waals surface area (Å²) >= 11 is 0. The van der Waals surface area contributed by atoms with E-state index in [-0.39, 0.29) is 17.8 Å². The van der Waals surface area contributed by atoms with Gasteiger partial charge in [0, 0.05) is 56.8 Å². The number of piperazine rings is 1. The molecular formula is C26H32N8O. The molecule has 182 valence electrons. The van der Waals surface area contributed by atoms with Gasteiger partial charge in [0.25, 0.3) is 0 Å². The summed E-state index contributed by atoms with van der Waals surface area (Å²) in [5, 5.41) is 13.9. The number of hydrogen-bond donors (Lipinski definition) is 2. The Morgan fingerprint density at radius 3 is 2.66 bits per heavy atom. The van der Waals surface area contributed by atoms with E-state index < -0.39 is 0 Å². The number of ether oxygens (including phenoxy) is 1. The summed E-state index contributed by atoms with van der Waals surface area (Å²) in [5.41, 5.74) is 9.56. The molecule has 1 aliphatic carbocycles. The molecule has 1 aromatic carbocycles. The number of rotatable bonds is 5. The topological polar surface area (TPSA) is 97.4 Å². The van der Waals surface area contributed by atoms with Gasteiger partial charge in [0.15, 0.2) is 0 Å². The fourth-order valence-corrected chi connectivity index (χ4v) is 5.10. The lowest BCUT2D eigenvalue weighted by atomic mass is 9.86. The molecule has 9 heteroatoms. The average Bonchev–Trinajstić information content (AvgIpc) is 3.29. The van der Waals surface area contributed by atoms with Crippen molar-refractivity contribution in [2.75, 3.05) is 45.2 Å². The summed E-state index contributed by atoms with van der Waals surface area (Å²) in [6.45, 7) is 4.83. The van der Waals surface area contributed by atoms with Crippen LogP contribution in [0.4, 0.5) is 5.82 Å². The highest BCUT2D eigenvalue weighted by atomic mass is 16.5. The van der Waals surface area contributed by atoms with Crippen molar-refractivity contribution in [1.29, 1.82) is 0 Å². The lowest BCUT2D eigenvalue weighted by Gasteiger charge is -2.45. The van der Waals surface area contributed by atoms with Crippen LogP contribution in [-0.2, 0) is 11.8 Å².